The zero-order chi connectivity index (χ0) is 16.4. The summed E-state index contributed by atoms with van der Waals surface area (Å²) < 4.78 is 6.26. The van der Waals surface area contributed by atoms with Gasteiger partial charge in [-0.1, -0.05) is 30.3 Å². The Morgan fingerprint density at radius 2 is 1.78 bits per heavy atom. The van der Waals surface area contributed by atoms with Gasteiger partial charge in [0.2, 0.25) is 0 Å². The zero-order valence-electron chi connectivity index (χ0n) is 12.4. The van der Waals surface area contributed by atoms with Gasteiger partial charge >= 0.3 is 5.97 Å². The molecule has 23 heavy (non-hydrogen) atoms. The molecule has 3 aromatic rings. The fourth-order valence-electron chi connectivity index (χ4n) is 2.40. The maximum atomic E-state index is 12.5. The maximum absolute atomic E-state index is 12.5. The predicted molar refractivity (Wildman–Crippen MR) is 85.1 cm³/mol. The minimum atomic E-state index is -1.16. The molecule has 3 rings (SSSR count). The van der Waals surface area contributed by atoms with Gasteiger partial charge < -0.3 is 9.84 Å². The molecule has 0 aliphatic carbocycles. The Labute approximate surface area is 131 Å². The second kappa shape index (κ2) is 5.92. The van der Waals surface area contributed by atoms with Crippen LogP contribution in [0.2, 0.25) is 0 Å². The fraction of sp³-hybridized carbons (Fsp3) is 0.118. The molecule has 0 radical (unpaired) electrons. The molecule has 6 heteroatoms. The lowest BCUT2D eigenvalue weighted by molar-refractivity contribution is 0.0690. The SMILES string of the molecule is COc1ccc(Cn2nc(C(=O)O)c3ccccc3c2=O)cc1. The summed E-state index contributed by atoms with van der Waals surface area (Å²) in [4.78, 5) is 23.9. The van der Waals surface area contributed by atoms with Crippen LogP contribution in [0.4, 0.5) is 0 Å². The van der Waals surface area contributed by atoms with Gasteiger partial charge in [-0.25, -0.2) is 9.48 Å². The number of rotatable bonds is 4. The molecule has 0 saturated carbocycles. The van der Waals surface area contributed by atoms with E-state index in [1.54, 1.807) is 43.5 Å². The number of hydrogen-bond donors (Lipinski definition) is 1. The second-order valence-electron chi connectivity index (χ2n) is 5.01. The van der Waals surface area contributed by atoms with Crippen molar-refractivity contribution in [3.8, 4) is 5.75 Å². The summed E-state index contributed by atoms with van der Waals surface area (Å²) in [6.07, 6.45) is 0. The van der Waals surface area contributed by atoms with Crippen LogP contribution in [-0.4, -0.2) is 28.0 Å². The first-order valence-electron chi connectivity index (χ1n) is 6.96. The number of ether oxygens (including phenoxy) is 1. The van der Waals surface area contributed by atoms with E-state index in [4.69, 9.17) is 4.74 Å². The van der Waals surface area contributed by atoms with Gasteiger partial charge in [0.05, 0.1) is 19.0 Å². The van der Waals surface area contributed by atoms with E-state index in [2.05, 4.69) is 5.10 Å². The molecule has 1 heterocycles. The van der Waals surface area contributed by atoms with Gasteiger partial charge in [0.1, 0.15) is 5.75 Å². The lowest BCUT2D eigenvalue weighted by Gasteiger charge is -2.09. The third-order valence-electron chi connectivity index (χ3n) is 3.56. The molecule has 6 nitrogen and oxygen atoms in total. The van der Waals surface area contributed by atoms with E-state index in [-0.39, 0.29) is 17.8 Å². The summed E-state index contributed by atoms with van der Waals surface area (Å²) in [7, 11) is 1.57. The van der Waals surface area contributed by atoms with Crippen molar-refractivity contribution in [2.24, 2.45) is 0 Å². The average molecular weight is 310 g/mol. The highest BCUT2D eigenvalue weighted by Crippen LogP contribution is 2.15. The molecule has 0 aliphatic heterocycles. The number of aromatic carboxylic acids is 1. The molecule has 1 aromatic heterocycles. The van der Waals surface area contributed by atoms with E-state index in [0.717, 1.165) is 5.56 Å². The molecule has 0 atom stereocenters. The van der Waals surface area contributed by atoms with Crippen LogP contribution < -0.4 is 10.3 Å². The van der Waals surface area contributed by atoms with Gasteiger partial charge in [-0.05, 0) is 23.8 Å². The van der Waals surface area contributed by atoms with E-state index in [1.165, 1.54) is 4.68 Å². The van der Waals surface area contributed by atoms with Crippen molar-refractivity contribution in [3.05, 3.63) is 70.1 Å². The van der Waals surface area contributed by atoms with Gasteiger partial charge in [-0.2, -0.15) is 5.10 Å². The molecule has 0 fully saturated rings. The van der Waals surface area contributed by atoms with E-state index in [9.17, 15) is 14.7 Å². The monoisotopic (exact) mass is 310 g/mol. The molecule has 1 N–H and O–H groups in total. The van der Waals surface area contributed by atoms with Crippen LogP contribution in [0.1, 0.15) is 16.1 Å². The summed E-state index contributed by atoms with van der Waals surface area (Å²) in [6, 6.07) is 13.8. The van der Waals surface area contributed by atoms with Gasteiger partial charge in [0.15, 0.2) is 5.69 Å². The van der Waals surface area contributed by atoms with Crippen molar-refractivity contribution < 1.29 is 14.6 Å². The van der Waals surface area contributed by atoms with Gasteiger partial charge in [0, 0.05) is 5.39 Å². The van der Waals surface area contributed by atoms with Crippen LogP contribution in [0.15, 0.2) is 53.3 Å². The summed E-state index contributed by atoms with van der Waals surface area (Å²) in [5.74, 6) is -0.455. The predicted octanol–water partition coefficient (Wildman–Crippen LogP) is 2.15. The number of benzene rings is 2. The number of carbonyl (C=O) groups is 1. The van der Waals surface area contributed by atoms with Crippen LogP contribution in [-0.2, 0) is 6.54 Å². The Morgan fingerprint density at radius 3 is 2.39 bits per heavy atom. The lowest BCUT2D eigenvalue weighted by Crippen LogP contribution is -2.26. The van der Waals surface area contributed by atoms with Crippen LogP contribution in [0.25, 0.3) is 10.8 Å². The lowest BCUT2D eigenvalue weighted by atomic mass is 10.1. The number of aromatic nitrogens is 2. The minimum absolute atomic E-state index is 0.131. The quantitative estimate of drug-likeness (QED) is 0.798. The number of carboxylic acids is 1. The summed E-state index contributed by atoms with van der Waals surface area (Å²) in [5.41, 5.74) is 0.377. The largest absolute Gasteiger partial charge is 0.497 e. The highest BCUT2D eigenvalue weighted by Gasteiger charge is 2.15. The molecule has 0 amide bonds. The highest BCUT2D eigenvalue weighted by molar-refractivity contribution is 6.01. The molecular formula is C17H14N2O4. The Hall–Kier alpha value is -3.15. The summed E-state index contributed by atoms with van der Waals surface area (Å²) in [5, 5.41) is 14.0. The molecule has 0 unspecified atom stereocenters. The van der Waals surface area contributed by atoms with Crippen molar-refractivity contribution in [1.29, 1.82) is 0 Å². The molecule has 0 spiro atoms. The Balaban J connectivity index is 2.11. The van der Waals surface area contributed by atoms with Gasteiger partial charge in [-0.15, -0.1) is 0 Å². The van der Waals surface area contributed by atoms with Crippen molar-refractivity contribution >= 4 is 16.7 Å². The van der Waals surface area contributed by atoms with Crippen LogP contribution in [0.5, 0.6) is 5.75 Å². The molecule has 0 bridgehead atoms. The van der Waals surface area contributed by atoms with E-state index >= 15 is 0 Å². The average Bonchev–Trinajstić information content (AvgIpc) is 2.58. The molecule has 0 saturated heterocycles. The van der Waals surface area contributed by atoms with Crippen molar-refractivity contribution in [3.63, 3.8) is 0 Å². The van der Waals surface area contributed by atoms with Crippen molar-refractivity contribution in [2.45, 2.75) is 6.54 Å². The van der Waals surface area contributed by atoms with Gasteiger partial charge in [-0.3, -0.25) is 4.79 Å². The molecular weight excluding hydrogens is 296 g/mol. The number of nitrogens with zero attached hydrogens (tertiary/aromatic N) is 2. The molecule has 0 aliphatic rings. The first-order valence-corrected chi connectivity index (χ1v) is 6.96. The summed E-state index contributed by atoms with van der Waals surface area (Å²) in [6.45, 7) is 0.188. The van der Waals surface area contributed by atoms with Crippen molar-refractivity contribution in [2.75, 3.05) is 7.11 Å². The third kappa shape index (κ3) is 2.78. The van der Waals surface area contributed by atoms with Crippen LogP contribution >= 0.6 is 0 Å². The van der Waals surface area contributed by atoms with Crippen LogP contribution in [0, 0.1) is 0 Å². The first kappa shape index (κ1) is 14.8. The standard InChI is InChI=1S/C17H14N2O4/c1-23-12-8-6-11(7-9-12)10-19-16(20)14-5-3-2-4-13(14)15(18-19)17(21)22/h2-9H,10H2,1H3,(H,21,22). The number of methoxy groups -OCH3 is 1. The maximum Gasteiger partial charge on any atom is 0.357 e. The smallest absolute Gasteiger partial charge is 0.357 e. The second-order valence-corrected chi connectivity index (χ2v) is 5.01. The zero-order valence-corrected chi connectivity index (χ0v) is 12.4. The Kier molecular flexibility index (Phi) is 3.80. The van der Waals surface area contributed by atoms with Gasteiger partial charge in [0.25, 0.3) is 5.56 Å². The Bertz CT molecular complexity index is 929. The summed E-state index contributed by atoms with van der Waals surface area (Å²) >= 11 is 0. The van der Waals surface area contributed by atoms with E-state index in [1.807, 2.05) is 12.1 Å². The van der Waals surface area contributed by atoms with Crippen molar-refractivity contribution in [1.82, 2.24) is 9.78 Å². The normalized spacial score (nSPS) is 10.7. The third-order valence-corrected chi connectivity index (χ3v) is 3.56. The first-order chi connectivity index (χ1) is 11.1. The van der Waals surface area contributed by atoms with Crippen LogP contribution in [0.3, 0.4) is 0 Å². The van der Waals surface area contributed by atoms with E-state index < -0.39 is 5.97 Å². The topological polar surface area (TPSA) is 81.4 Å². The molecule has 116 valence electrons. The molecule has 2 aromatic carbocycles. The highest BCUT2D eigenvalue weighted by atomic mass is 16.5. The Morgan fingerprint density at radius 1 is 1.13 bits per heavy atom. The number of carboxylic acid groups (broad SMARTS) is 1. The fourth-order valence-corrected chi connectivity index (χ4v) is 2.40. The number of hydrogen-bond acceptors (Lipinski definition) is 4. The number of fused-ring (bicyclic) bond motifs is 1. The minimum Gasteiger partial charge on any atom is -0.497 e. The van der Waals surface area contributed by atoms with E-state index in [0.29, 0.717) is 16.5 Å².